The summed E-state index contributed by atoms with van der Waals surface area (Å²) in [5, 5.41) is 8.52. The number of para-hydroxylation sites is 1. The van der Waals surface area contributed by atoms with Crippen molar-refractivity contribution in [3.63, 3.8) is 0 Å². The molecule has 4 amide bonds. The first-order valence-corrected chi connectivity index (χ1v) is 14.5. The Balaban J connectivity index is 1.63. The number of rotatable bonds is 7. The summed E-state index contributed by atoms with van der Waals surface area (Å²) in [6, 6.07) is 14.0. The van der Waals surface area contributed by atoms with E-state index in [-0.39, 0.29) is 30.5 Å². The Morgan fingerprint density at radius 2 is 1.80 bits per heavy atom. The number of benzene rings is 2. The molecule has 0 bridgehead atoms. The molecule has 0 aromatic heterocycles. The standard InChI is InChI=1S/C31H40N4O6/c1-2-3-15-35-16-18-41-27-14-8-7-13-24(27)29(37)34-25(30(38)32-23-12-9-17-40-21-23)20-28(36)33-26(31(35)39)19-22-10-5-4-6-11-22/h4-8,10-11,13-14,23,25-26H,2-3,9,12,15-21H2,1H3,(H,32,38)(H,33,36)(H,34,37)/t23?,25-,26-/m0/s1. The summed E-state index contributed by atoms with van der Waals surface area (Å²) in [7, 11) is 0. The monoisotopic (exact) mass is 564 g/mol. The van der Waals surface area contributed by atoms with E-state index >= 15 is 0 Å². The van der Waals surface area contributed by atoms with E-state index in [2.05, 4.69) is 16.0 Å². The fourth-order valence-electron chi connectivity index (χ4n) is 5.04. The van der Waals surface area contributed by atoms with Crippen LogP contribution in [0.4, 0.5) is 0 Å². The number of amides is 4. The Kier molecular flexibility index (Phi) is 11.1. The molecule has 0 spiro atoms. The molecule has 2 aromatic rings. The van der Waals surface area contributed by atoms with Gasteiger partial charge in [0.15, 0.2) is 0 Å². The van der Waals surface area contributed by atoms with Crippen LogP contribution in [0.5, 0.6) is 5.75 Å². The van der Waals surface area contributed by atoms with E-state index in [0.717, 1.165) is 31.2 Å². The second kappa shape index (κ2) is 15.2. The lowest BCUT2D eigenvalue weighted by atomic mass is 10.0. The Morgan fingerprint density at radius 1 is 1.02 bits per heavy atom. The summed E-state index contributed by atoms with van der Waals surface area (Å²) in [4.78, 5) is 55.7. The van der Waals surface area contributed by atoms with Crippen LogP contribution < -0.4 is 20.7 Å². The van der Waals surface area contributed by atoms with Crippen LogP contribution in [0.1, 0.15) is 54.9 Å². The van der Waals surface area contributed by atoms with Gasteiger partial charge in [0.2, 0.25) is 17.7 Å². The minimum Gasteiger partial charge on any atom is -0.491 e. The van der Waals surface area contributed by atoms with Crippen molar-refractivity contribution in [2.45, 2.75) is 63.6 Å². The minimum absolute atomic E-state index is 0.164. The average molecular weight is 565 g/mol. The molecule has 1 fully saturated rings. The maximum Gasteiger partial charge on any atom is 0.255 e. The molecule has 2 heterocycles. The Hall–Kier alpha value is -3.92. The molecule has 2 aromatic carbocycles. The molecule has 10 heteroatoms. The molecule has 0 aliphatic carbocycles. The van der Waals surface area contributed by atoms with Crippen molar-refractivity contribution < 1.29 is 28.7 Å². The minimum atomic E-state index is -1.16. The number of ether oxygens (including phenoxy) is 2. The number of nitrogens with one attached hydrogen (secondary N) is 3. The van der Waals surface area contributed by atoms with Gasteiger partial charge >= 0.3 is 0 Å². The lowest BCUT2D eigenvalue weighted by molar-refractivity contribution is -0.137. The average Bonchev–Trinajstić information content (AvgIpc) is 2.98. The van der Waals surface area contributed by atoms with Gasteiger partial charge in [0, 0.05) is 19.6 Å². The van der Waals surface area contributed by atoms with Gasteiger partial charge in [0.25, 0.3) is 5.91 Å². The smallest absolute Gasteiger partial charge is 0.255 e. The highest BCUT2D eigenvalue weighted by molar-refractivity contribution is 6.01. The third-order valence-electron chi connectivity index (χ3n) is 7.28. The molecule has 3 atom stereocenters. The van der Waals surface area contributed by atoms with Crippen LogP contribution in [0, 0.1) is 0 Å². The van der Waals surface area contributed by atoms with Gasteiger partial charge in [-0.1, -0.05) is 55.8 Å². The molecule has 2 aliphatic rings. The Morgan fingerprint density at radius 3 is 2.56 bits per heavy atom. The van der Waals surface area contributed by atoms with E-state index in [4.69, 9.17) is 9.47 Å². The maximum absolute atomic E-state index is 13.8. The fraction of sp³-hybridized carbons (Fsp3) is 0.484. The van der Waals surface area contributed by atoms with Gasteiger partial charge in [-0.25, -0.2) is 0 Å². The fourth-order valence-corrected chi connectivity index (χ4v) is 5.04. The van der Waals surface area contributed by atoms with Gasteiger partial charge in [-0.15, -0.1) is 0 Å². The molecule has 1 saturated heterocycles. The molecule has 3 N–H and O–H groups in total. The van der Waals surface area contributed by atoms with Crippen LogP contribution in [0.25, 0.3) is 0 Å². The van der Waals surface area contributed by atoms with E-state index in [1.54, 1.807) is 29.2 Å². The van der Waals surface area contributed by atoms with E-state index in [1.807, 2.05) is 37.3 Å². The number of hydrogen-bond acceptors (Lipinski definition) is 6. The van der Waals surface area contributed by atoms with Crippen LogP contribution in [0.15, 0.2) is 54.6 Å². The predicted octanol–water partition coefficient (Wildman–Crippen LogP) is 2.22. The largest absolute Gasteiger partial charge is 0.491 e. The first-order valence-electron chi connectivity index (χ1n) is 14.5. The highest BCUT2D eigenvalue weighted by Gasteiger charge is 2.31. The topological polar surface area (TPSA) is 126 Å². The van der Waals surface area contributed by atoms with Gasteiger partial charge in [-0.05, 0) is 37.0 Å². The van der Waals surface area contributed by atoms with Crippen molar-refractivity contribution in [3.8, 4) is 5.75 Å². The van der Waals surface area contributed by atoms with Crippen LogP contribution in [0.3, 0.4) is 0 Å². The molecule has 0 radical (unpaired) electrons. The van der Waals surface area contributed by atoms with Gasteiger partial charge in [0.1, 0.15) is 24.4 Å². The van der Waals surface area contributed by atoms with Crippen molar-refractivity contribution in [1.29, 1.82) is 0 Å². The van der Waals surface area contributed by atoms with E-state index < -0.39 is 29.8 Å². The summed E-state index contributed by atoms with van der Waals surface area (Å²) < 4.78 is 11.5. The zero-order chi connectivity index (χ0) is 29.0. The summed E-state index contributed by atoms with van der Waals surface area (Å²) in [5.41, 5.74) is 1.14. The summed E-state index contributed by atoms with van der Waals surface area (Å²) in [6.07, 6.45) is 3.21. The van der Waals surface area contributed by atoms with Crippen molar-refractivity contribution in [2.75, 3.05) is 32.9 Å². The molecule has 41 heavy (non-hydrogen) atoms. The first-order chi connectivity index (χ1) is 19.9. The summed E-state index contributed by atoms with van der Waals surface area (Å²) in [5.74, 6) is -1.38. The van der Waals surface area contributed by atoms with E-state index in [0.29, 0.717) is 38.5 Å². The second-order valence-electron chi connectivity index (χ2n) is 10.5. The number of fused-ring (bicyclic) bond motifs is 1. The van der Waals surface area contributed by atoms with Crippen LogP contribution in [-0.2, 0) is 25.5 Å². The number of unbranched alkanes of at least 4 members (excludes halogenated alkanes) is 1. The molecule has 0 saturated carbocycles. The number of carbonyl (C=O) groups excluding carboxylic acids is 4. The third kappa shape index (κ3) is 8.78. The van der Waals surface area contributed by atoms with Crippen LogP contribution >= 0.6 is 0 Å². The SMILES string of the molecule is CCCCN1CCOc2ccccc2C(=O)N[C@H](C(=O)NC2CCCOC2)CC(=O)N[C@@H](Cc2ccccc2)C1=O. The third-order valence-corrected chi connectivity index (χ3v) is 7.28. The van der Waals surface area contributed by atoms with Crippen molar-refractivity contribution in [2.24, 2.45) is 0 Å². The Bertz CT molecular complexity index is 1180. The van der Waals surface area contributed by atoms with Gasteiger partial charge < -0.3 is 30.3 Å². The maximum atomic E-state index is 13.8. The van der Waals surface area contributed by atoms with Crippen molar-refractivity contribution in [1.82, 2.24) is 20.9 Å². The molecular formula is C31H40N4O6. The second-order valence-corrected chi connectivity index (χ2v) is 10.5. The molecular weight excluding hydrogens is 524 g/mol. The molecule has 2 aliphatic heterocycles. The number of carbonyl (C=O) groups is 4. The molecule has 10 nitrogen and oxygen atoms in total. The zero-order valence-electron chi connectivity index (χ0n) is 23.6. The van der Waals surface area contributed by atoms with Crippen LogP contribution in [-0.4, -0.2) is 79.6 Å². The highest BCUT2D eigenvalue weighted by atomic mass is 16.5. The van der Waals surface area contributed by atoms with E-state index in [1.165, 1.54) is 0 Å². The summed E-state index contributed by atoms with van der Waals surface area (Å²) >= 11 is 0. The Labute approximate surface area is 241 Å². The summed E-state index contributed by atoms with van der Waals surface area (Å²) in [6.45, 7) is 4.03. The zero-order valence-corrected chi connectivity index (χ0v) is 23.6. The molecule has 4 rings (SSSR count). The number of hydrogen-bond donors (Lipinski definition) is 3. The number of nitrogens with zero attached hydrogens (tertiary/aromatic N) is 1. The lowest BCUT2D eigenvalue weighted by Crippen LogP contribution is -2.55. The van der Waals surface area contributed by atoms with Gasteiger partial charge in [-0.3, -0.25) is 19.2 Å². The normalized spacial score (nSPS) is 22.4. The van der Waals surface area contributed by atoms with Gasteiger partial charge in [-0.2, -0.15) is 0 Å². The van der Waals surface area contributed by atoms with Crippen molar-refractivity contribution >= 4 is 23.6 Å². The van der Waals surface area contributed by atoms with Crippen molar-refractivity contribution in [3.05, 3.63) is 65.7 Å². The lowest BCUT2D eigenvalue weighted by Gasteiger charge is -2.30. The predicted molar refractivity (Wildman–Crippen MR) is 153 cm³/mol. The highest BCUT2D eigenvalue weighted by Crippen LogP contribution is 2.19. The molecule has 1 unspecified atom stereocenters. The first kappa shape index (κ1) is 30.0. The van der Waals surface area contributed by atoms with Crippen LogP contribution in [0.2, 0.25) is 0 Å². The molecule has 220 valence electrons. The van der Waals surface area contributed by atoms with E-state index in [9.17, 15) is 19.2 Å². The van der Waals surface area contributed by atoms with Gasteiger partial charge in [0.05, 0.1) is 31.2 Å². The quantitative estimate of drug-likeness (QED) is 0.474.